The Morgan fingerprint density at radius 1 is 1.40 bits per heavy atom. The summed E-state index contributed by atoms with van der Waals surface area (Å²) in [6, 6.07) is 5.48. The van der Waals surface area contributed by atoms with E-state index in [-0.39, 0.29) is 11.9 Å². The maximum absolute atomic E-state index is 12.2. The van der Waals surface area contributed by atoms with Crippen LogP contribution in [0.1, 0.15) is 44.4 Å². The summed E-state index contributed by atoms with van der Waals surface area (Å²) < 4.78 is 0. The molecule has 4 heteroatoms. The van der Waals surface area contributed by atoms with Crippen LogP contribution in [0.5, 0.6) is 0 Å². The number of rotatable bonds is 4. The van der Waals surface area contributed by atoms with E-state index in [1.165, 1.54) is 0 Å². The Bertz CT molecular complexity index is 497. The molecule has 2 unspecified atom stereocenters. The maximum Gasteiger partial charge on any atom is 0.227 e. The van der Waals surface area contributed by atoms with Crippen LogP contribution >= 0.6 is 0 Å². The van der Waals surface area contributed by atoms with E-state index in [2.05, 4.69) is 13.8 Å². The summed E-state index contributed by atoms with van der Waals surface area (Å²) in [5, 5.41) is 10.0. The van der Waals surface area contributed by atoms with E-state index in [1.54, 1.807) is 6.92 Å². The molecule has 0 fully saturated rings. The summed E-state index contributed by atoms with van der Waals surface area (Å²) in [7, 11) is 0. The first-order valence-electron chi connectivity index (χ1n) is 7.27. The molecule has 1 aromatic carbocycles. The van der Waals surface area contributed by atoms with Crippen molar-refractivity contribution in [2.24, 2.45) is 11.7 Å². The van der Waals surface area contributed by atoms with Crippen LogP contribution in [0.15, 0.2) is 18.2 Å². The Kier molecular flexibility index (Phi) is 4.45. The van der Waals surface area contributed by atoms with Gasteiger partial charge in [-0.2, -0.15) is 0 Å². The monoisotopic (exact) mass is 276 g/mol. The number of aliphatic hydroxyl groups is 1. The zero-order valence-corrected chi connectivity index (χ0v) is 12.5. The van der Waals surface area contributed by atoms with Crippen molar-refractivity contribution in [3.63, 3.8) is 0 Å². The van der Waals surface area contributed by atoms with Crippen LogP contribution in [-0.4, -0.2) is 23.6 Å². The van der Waals surface area contributed by atoms with Crippen molar-refractivity contribution in [3.05, 3.63) is 29.3 Å². The molecular formula is C16H24N2O2. The fourth-order valence-electron chi connectivity index (χ4n) is 2.63. The molecule has 0 spiro atoms. The van der Waals surface area contributed by atoms with Crippen molar-refractivity contribution >= 4 is 11.6 Å². The lowest BCUT2D eigenvalue weighted by Gasteiger charge is -2.20. The number of hydrogen-bond donors (Lipinski definition) is 2. The van der Waals surface area contributed by atoms with Gasteiger partial charge in [-0.3, -0.25) is 4.79 Å². The van der Waals surface area contributed by atoms with E-state index >= 15 is 0 Å². The number of carbonyl (C=O) groups is 1. The highest BCUT2D eigenvalue weighted by Gasteiger charge is 2.26. The second kappa shape index (κ2) is 5.94. The highest BCUT2D eigenvalue weighted by Crippen LogP contribution is 2.31. The summed E-state index contributed by atoms with van der Waals surface area (Å²) >= 11 is 0. The van der Waals surface area contributed by atoms with Gasteiger partial charge in [-0.25, -0.2) is 0 Å². The number of anilines is 1. The molecule has 1 aromatic rings. The Hall–Kier alpha value is -1.39. The second-order valence-electron chi connectivity index (χ2n) is 6.09. The van der Waals surface area contributed by atoms with E-state index in [1.807, 2.05) is 23.1 Å². The average Bonchev–Trinajstić information content (AvgIpc) is 2.79. The average molecular weight is 276 g/mol. The first-order valence-corrected chi connectivity index (χ1v) is 7.27. The molecule has 1 aliphatic rings. The summed E-state index contributed by atoms with van der Waals surface area (Å²) in [4.78, 5) is 14.1. The molecule has 0 saturated heterocycles. The number of fused-ring (bicyclic) bond motifs is 1. The molecule has 0 saturated carbocycles. The van der Waals surface area contributed by atoms with Crippen LogP contribution in [0.3, 0.4) is 0 Å². The molecule has 2 rings (SSSR count). The highest BCUT2D eigenvalue weighted by molar-refractivity contribution is 5.95. The van der Waals surface area contributed by atoms with E-state index in [0.717, 1.165) is 29.8 Å². The van der Waals surface area contributed by atoms with Crippen LogP contribution in [0.4, 0.5) is 5.69 Å². The molecule has 2 atom stereocenters. The highest BCUT2D eigenvalue weighted by atomic mass is 16.3. The van der Waals surface area contributed by atoms with Gasteiger partial charge in [0.25, 0.3) is 0 Å². The van der Waals surface area contributed by atoms with Gasteiger partial charge in [0.1, 0.15) is 0 Å². The van der Waals surface area contributed by atoms with Crippen molar-refractivity contribution in [2.45, 2.75) is 45.8 Å². The Labute approximate surface area is 120 Å². The molecule has 0 radical (unpaired) electrons. The summed E-state index contributed by atoms with van der Waals surface area (Å²) in [6.07, 6.45) is 0.767. The van der Waals surface area contributed by atoms with Crippen molar-refractivity contribution in [3.8, 4) is 0 Å². The van der Waals surface area contributed by atoms with Crippen molar-refractivity contribution in [1.82, 2.24) is 0 Å². The van der Waals surface area contributed by atoms with Crippen LogP contribution < -0.4 is 10.6 Å². The first kappa shape index (κ1) is 15.0. The third-order valence-electron chi connectivity index (χ3n) is 3.72. The van der Waals surface area contributed by atoms with Gasteiger partial charge in [0.15, 0.2) is 0 Å². The number of hydrogen-bond acceptors (Lipinski definition) is 3. The van der Waals surface area contributed by atoms with Crippen LogP contribution in [-0.2, 0) is 11.2 Å². The van der Waals surface area contributed by atoms with Crippen molar-refractivity contribution < 1.29 is 9.90 Å². The fraction of sp³-hybridized carbons (Fsp3) is 0.562. The van der Waals surface area contributed by atoms with E-state index in [9.17, 15) is 9.90 Å². The number of aliphatic hydroxyl groups excluding tert-OH is 1. The second-order valence-corrected chi connectivity index (χ2v) is 6.09. The number of benzene rings is 1. The minimum Gasteiger partial charge on any atom is -0.387 e. The third-order valence-corrected chi connectivity index (χ3v) is 3.72. The van der Waals surface area contributed by atoms with Gasteiger partial charge in [0, 0.05) is 24.7 Å². The lowest BCUT2D eigenvalue weighted by Crippen LogP contribution is -2.29. The van der Waals surface area contributed by atoms with Crippen LogP contribution in [0.2, 0.25) is 0 Å². The van der Waals surface area contributed by atoms with Crippen molar-refractivity contribution in [1.29, 1.82) is 0 Å². The predicted octanol–water partition coefficient (Wildman–Crippen LogP) is 2.00. The lowest BCUT2D eigenvalue weighted by molar-refractivity contribution is -0.119. The van der Waals surface area contributed by atoms with Crippen LogP contribution in [0.25, 0.3) is 0 Å². The Morgan fingerprint density at radius 3 is 2.70 bits per heavy atom. The SMILES string of the molecule is CC(C)CC(=O)N1CCc2cc(C(O)C(C)N)ccc21. The lowest BCUT2D eigenvalue weighted by atomic mass is 10.0. The number of nitrogens with two attached hydrogens (primary N) is 1. The minimum absolute atomic E-state index is 0.180. The summed E-state index contributed by atoms with van der Waals surface area (Å²) in [5.74, 6) is 0.546. The number of carbonyl (C=O) groups excluding carboxylic acids is 1. The van der Waals surface area contributed by atoms with Gasteiger partial charge < -0.3 is 15.7 Å². The Morgan fingerprint density at radius 2 is 2.10 bits per heavy atom. The maximum atomic E-state index is 12.2. The number of nitrogens with zero attached hydrogens (tertiary/aromatic N) is 1. The number of amides is 1. The minimum atomic E-state index is -0.652. The topological polar surface area (TPSA) is 66.6 Å². The molecule has 3 N–H and O–H groups in total. The van der Waals surface area contributed by atoms with Gasteiger partial charge in [0.2, 0.25) is 5.91 Å². The zero-order valence-electron chi connectivity index (χ0n) is 12.5. The molecule has 4 nitrogen and oxygen atoms in total. The predicted molar refractivity (Wildman–Crippen MR) is 80.6 cm³/mol. The molecular weight excluding hydrogens is 252 g/mol. The molecule has 0 aliphatic carbocycles. The largest absolute Gasteiger partial charge is 0.387 e. The molecule has 0 bridgehead atoms. The van der Waals surface area contributed by atoms with E-state index < -0.39 is 6.10 Å². The van der Waals surface area contributed by atoms with E-state index in [4.69, 9.17) is 5.73 Å². The fourth-order valence-corrected chi connectivity index (χ4v) is 2.63. The third kappa shape index (κ3) is 3.02. The van der Waals surface area contributed by atoms with E-state index in [0.29, 0.717) is 12.3 Å². The summed E-state index contributed by atoms with van der Waals surface area (Å²) in [6.45, 7) is 6.63. The normalized spacial score (nSPS) is 17.2. The Balaban J connectivity index is 2.20. The van der Waals surface area contributed by atoms with Gasteiger partial charge >= 0.3 is 0 Å². The molecule has 1 aliphatic heterocycles. The quantitative estimate of drug-likeness (QED) is 0.884. The molecule has 0 aromatic heterocycles. The smallest absolute Gasteiger partial charge is 0.227 e. The molecule has 1 amide bonds. The van der Waals surface area contributed by atoms with Gasteiger partial charge in [-0.05, 0) is 36.5 Å². The summed E-state index contributed by atoms with van der Waals surface area (Å²) in [5.41, 5.74) is 8.67. The first-order chi connectivity index (χ1) is 9.40. The van der Waals surface area contributed by atoms with Crippen molar-refractivity contribution in [2.75, 3.05) is 11.4 Å². The zero-order chi connectivity index (χ0) is 14.9. The van der Waals surface area contributed by atoms with Gasteiger partial charge in [0.05, 0.1) is 6.10 Å². The molecule has 110 valence electrons. The van der Waals surface area contributed by atoms with Gasteiger partial charge in [-0.15, -0.1) is 0 Å². The molecule has 20 heavy (non-hydrogen) atoms. The van der Waals surface area contributed by atoms with Crippen LogP contribution in [0, 0.1) is 5.92 Å². The molecule has 1 heterocycles. The van der Waals surface area contributed by atoms with Gasteiger partial charge in [-0.1, -0.05) is 26.0 Å². The standard InChI is InChI=1S/C16H24N2O2/c1-10(2)8-15(19)18-7-6-12-9-13(4-5-14(12)18)16(20)11(3)17/h4-5,9-11,16,20H,6-8,17H2,1-3H3.